The van der Waals surface area contributed by atoms with Gasteiger partial charge in [0.2, 0.25) is 5.91 Å². The van der Waals surface area contributed by atoms with Gasteiger partial charge in [0.15, 0.2) is 5.78 Å². The van der Waals surface area contributed by atoms with E-state index in [1.54, 1.807) is 6.92 Å². The monoisotopic (exact) mass is 421 g/mol. The van der Waals surface area contributed by atoms with Crippen LogP contribution >= 0.6 is 0 Å². The maximum atomic E-state index is 12.9. The molecule has 0 saturated heterocycles. The molecule has 3 unspecified atom stereocenters. The Kier molecular flexibility index (Phi) is 9.47. The van der Waals surface area contributed by atoms with Crippen LogP contribution in [0, 0.1) is 5.92 Å². The normalized spacial score (nSPS) is 13.8. The molecule has 4 N–H and O–H groups in total. The first-order valence-corrected chi connectivity index (χ1v) is 10.9. The summed E-state index contributed by atoms with van der Waals surface area (Å²) in [5.74, 6) is 0.173. The van der Waals surface area contributed by atoms with Crippen LogP contribution in [0.1, 0.15) is 38.3 Å². The molecule has 5 nitrogen and oxygen atoms in total. The van der Waals surface area contributed by atoms with Gasteiger partial charge in [0.1, 0.15) is 0 Å². The second kappa shape index (κ2) is 12.1. The van der Waals surface area contributed by atoms with E-state index in [9.17, 15) is 9.59 Å². The second-order valence-electron chi connectivity index (χ2n) is 8.51. The minimum Gasteiger partial charge on any atom is -0.377 e. The third kappa shape index (κ3) is 8.38. The van der Waals surface area contributed by atoms with Crippen molar-refractivity contribution in [2.24, 2.45) is 11.7 Å². The van der Waals surface area contributed by atoms with Crippen molar-refractivity contribution < 1.29 is 9.59 Å². The van der Waals surface area contributed by atoms with Gasteiger partial charge in [0.25, 0.3) is 0 Å². The zero-order chi connectivity index (χ0) is 22.8. The van der Waals surface area contributed by atoms with E-state index in [1.165, 1.54) is 0 Å². The fraction of sp³-hybridized carbons (Fsp3) is 0.385. The zero-order valence-electron chi connectivity index (χ0n) is 18.8. The first kappa shape index (κ1) is 24.4. The highest BCUT2D eigenvalue weighted by molar-refractivity contribution is 5.83. The smallest absolute Gasteiger partial charge is 0.237 e. The van der Waals surface area contributed by atoms with Gasteiger partial charge < -0.3 is 16.4 Å². The lowest BCUT2D eigenvalue weighted by atomic mass is 9.98. The number of rotatable bonds is 12. The zero-order valence-corrected chi connectivity index (χ0v) is 18.8. The van der Waals surface area contributed by atoms with Crippen molar-refractivity contribution in [3.63, 3.8) is 0 Å². The number of hydrogen-bond donors (Lipinski definition) is 3. The van der Waals surface area contributed by atoms with Gasteiger partial charge in [-0.25, -0.2) is 0 Å². The van der Waals surface area contributed by atoms with E-state index < -0.39 is 6.04 Å². The molecule has 166 valence electrons. The van der Waals surface area contributed by atoms with Gasteiger partial charge in [-0.3, -0.25) is 9.59 Å². The lowest BCUT2D eigenvalue weighted by Crippen LogP contribution is -2.51. The standard InChI is InChI=1S/C26H35N3O2/c1-18(2)15-25(20(4)30)28-19(3)24(17-22-13-9-6-10-14-22)29-26(31)23(27)16-21-11-7-5-8-12-21/h5-14,18,23-25,28H,3,15-17,27H2,1-2,4H3,(H,29,31). The number of Topliss-reactive ketones (excluding diaryl/α,β-unsaturated/α-hetero) is 1. The predicted molar refractivity (Wildman–Crippen MR) is 126 cm³/mol. The van der Waals surface area contributed by atoms with Crippen LogP contribution in [0.25, 0.3) is 0 Å². The lowest BCUT2D eigenvalue weighted by Gasteiger charge is -2.28. The van der Waals surface area contributed by atoms with E-state index in [0.717, 1.165) is 11.1 Å². The topological polar surface area (TPSA) is 84.2 Å². The van der Waals surface area contributed by atoms with E-state index in [4.69, 9.17) is 5.73 Å². The Morgan fingerprint density at radius 3 is 1.87 bits per heavy atom. The molecule has 3 atom stereocenters. The molecule has 0 fully saturated rings. The maximum Gasteiger partial charge on any atom is 0.237 e. The number of amides is 1. The lowest BCUT2D eigenvalue weighted by molar-refractivity contribution is -0.122. The molecule has 2 aromatic carbocycles. The SMILES string of the molecule is C=C(NC(CC(C)C)C(C)=O)C(Cc1ccccc1)NC(=O)C(N)Cc1ccccc1. The summed E-state index contributed by atoms with van der Waals surface area (Å²) in [6.07, 6.45) is 1.71. The molecule has 0 saturated carbocycles. The fourth-order valence-corrected chi connectivity index (χ4v) is 3.47. The molecule has 2 rings (SSSR count). The van der Waals surface area contributed by atoms with Crippen LogP contribution in [-0.2, 0) is 22.4 Å². The van der Waals surface area contributed by atoms with Gasteiger partial charge in [-0.15, -0.1) is 0 Å². The third-order valence-electron chi connectivity index (χ3n) is 5.21. The van der Waals surface area contributed by atoms with Crippen molar-refractivity contribution in [1.82, 2.24) is 10.6 Å². The average molecular weight is 422 g/mol. The van der Waals surface area contributed by atoms with Gasteiger partial charge in [-0.2, -0.15) is 0 Å². The van der Waals surface area contributed by atoms with E-state index >= 15 is 0 Å². The van der Waals surface area contributed by atoms with Crippen LogP contribution in [0.5, 0.6) is 0 Å². The largest absolute Gasteiger partial charge is 0.377 e. The summed E-state index contributed by atoms with van der Waals surface area (Å²) in [6.45, 7) is 9.89. The molecule has 0 aromatic heterocycles. The first-order valence-electron chi connectivity index (χ1n) is 10.9. The molecule has 2 aromatic rings. The van der Waals surface area contributed by atoms with Crippen LogP contribution in [0.3, 0.4) is 0 Å². The van der Waals surface area contributed by atoms with Crippen LogP contribution in [-0.4, -0.2) is 29.8 Å². The maximum absolute atomic E-state index is 12.9. The summed E-state index contributed by atoms with van der Waals surface area (Å²) in [7, 11) is 0. The van der Waals surface area contributed by atoms with E-state index in [0.29, 0.717) is 30.9 Å². The van der Waals surface area contributed by atoms with Gasteiger partial charge in [0.05, 0.1) is 18.1 Å². The second-order valence-corrected chi connectivity index (χ2v) is 8.51. The van der Waals surface area contributed by atoms with Gasteiger partial charge in [-0.05, 0) is 43.2 Å². The van der Waals surface area contributed by atoms with Crippen molar-refractivity contribution in [2.75, 3.05) is 0 Å². The predicted octanol–water partition coefficient (Wildman–Crippen LogP) is 3.39. The summed E-state index contributed by atoms with van der Waals surface area (Å²) in [5, 5.41) is 6.31. The molecule has 1 amide bonds. The summed E-state index contributed by atoms with van der Waals surface area (Å²) >= 11 is 0. The molecule has 0 bridgehead atoms. The summed E-state index contributed by atoms with van der Waals surface area (Å²) in [4.78, 5) is 25.0. The van der Waals surface area contributed by atoms with E-state index in [-0.39, 0.29) is 23.8 Å². The number of benzene rings is 2. The highest BCUT2D eigenvalue weighted by Crippen LogP contribution is 2.13. The highest BCUT2D eigenvalue weighted by Gasteiger charge is 2.24. The van der Waals surface area contributed by atoms with Crippen molar-refractivity contribution in [3.05, 3.63) is 84.1 Å². The van der Waals surface area contributed by atoms with E-state index in [2.05, 4.69) is 31.1 Å². The van der Waals surface area contributed by atoms with Crippen molar-refractivity contribution in [2.45, 2.75) is 58.2 Å². The van der Waals surface area contributed by atoms with Crippen molar-refractivity contribution in [3.8, 4) is 0 Å². The highest BCUT2D eigenvalue weighted by atomic mass is 16.2. The van der Waals surface area contributed by atoms with Crippen LogP contribution in [0.2, 0.25) is 0 Å². The van der Waals surface area contributed by atoms with Crippen LogP contribution in [0.4, 0.5) is 0 Å². The number of carbonyl (C=O) groups is 2. The van der Waals surface area contributed by atoms with Crippen molar-refractivity contribution >= 4 is 11.7 Å². The fourth-order valence-electron chi connectivity index (χ4n) is 3.47. The molecule has 0 heterocycles. The summed E-state index contributed by atoms with van der Waals surface area (Å²) in [5.41, 5.74) is 8.88. The number of ketones is 1. The molecule has 0 aliphatic rings. The average Bonchev–Trinajstić information content (AvgIpc) is 2.73. The van der Waals surface area contributed by atoms with Gasteiger partial charge in [0, 0.05) is 5.70 Å². The van der Waals surface area contributed by atoms with Crippen LogP contribution < -0.4 is 16.4 Å². The summed E-state index contributed by atoms with van der Waals surface area (Å²) in [6, 6.07) is 18.2. The number of carbonyl (C=O) groups excluding carboxylic acids is 2. The Hall–Kier alpha value is -2.92. The molecular weight excluding hydrogens is 386 g/mol. The molecular formula is C26H35N3O2. The first-order chi connectivity index (χ1) is 14.8. The minimum atomic E-state index is -0.673. The Morgan fingerprint density at radius 2 is 1.39 bits per heavy atom. The van der Waals surface area contributed by atoms with Gasteiger partial charge in [-0.1, -0.05) is 81.1 Å². The summed E-state index contributed by atoms with van der Waals surface area (Å²) < 4.78 is 0. The Balaban J connectivity index is 2.12. The molecule has 31 heavy (non-hydrogen) atoms. The van der Waals surface area contributed by atoms with E-state index in [1.807, 2.05) is 60.7 Å². The number of nitrogens with one attached hydrogen (secondary N) is 2. The van der Waals surface area contributed by atoms with Crippen LogP contribution in [0.15, 0.2) is 72.9 Å². The molecule has 0 radical (unpaired) electrons. The quantitative estimate of drug-likeness (QED) is 0.490. The minimum absolute atomic E-state index is 0.0559. The van der Waals surface area contributed by atoms with Crippen molar-refractivity contribution in [1.29, 1.82) is 0 Å². The molecule has 0 aliphatic heterocycles. The Bertz CT molecular complexity index is 849. The van der Waals surface area contributed by atoms with Gasteiger partial charge >= 0.3 is 0 Å². The Morgan fingerprint density at radius 1 is 0.871 bits per heavy atom. The Labute approximate surface area is 186 Å². The number of nitrogens with two attached hydrogens (primary N) is 1. The third-order valence-corrected chi connectivity index (χ3v) is 5.21. The molecule has 0 aliphatic carbocycles. The molecule has 5 heteroatoms. The molecule has 0 spiro atoms. The number of hydrogen-bond acceptors (Lipinski definition) is 4.